The number of carbonyl (C=O) groups is 1. The van der Waals surface area contributed by atoms with Gasteiger partial charge < -0.3 is 4.74 Å². The van der Waals surface area contributed by atoms with Gasteiger partial charge in [0.15, 0.2) is 11.2 Å². The quantitative estimate of drug-likeness (QED) is 0.812. The summed E-state index contributed by atoms with van der Waals surface area (Å²) >= 11 is 0. The van der Waals surface area contributed by atoms with Crippen molar-refractivity contribution >= 4 is 5.78 Å². The van der Waals surface area contributed by atoms with Crippen LogP contribution < -0.4 is 4.74 Å². The molecule has 2 unspecified atom stereocenters. The third kappa shape index (κ3) is 2.25. The predicted octanol–water partition coefficient (Wildman–Crippen LogP) is 3.33. The Morgan fingerprint density at radius 2 is 1.65 bits per heavy atom. The maximum absolute atomic E-state index is 12.7. The van der Waals surface area contributed by atoms with Crippen molar-refractivity contribution in [3.63, 3.8) is 0 Å². The van der Waals surface area contributed by atoms with Gasteiger partial charge >= 0.3 is 0 Å². The number of methoxy groups -OCH3 is 1. The Labute approximate surface area is 134 Å². The number of ether oxygens (including phenoxy) is 1. The Bertz CT molecular complexity index is 799. The molecule has 0 amide bonds. The van der Waals surface area contributed by atoms with Gasteiger partial charge in [0.2, 0.25) is 0 Å². The van der Waals surface area contributed by atoms with Crippen LogP contribution in [0, 0.1) is 34.0 Å². The SMILES string of the molecule is COc1ccc(C2C(C(=O)c3ccccc3)C2(C#N)C#N)cc1. The summed E-state index contributed by atoms with van der Waals surface area (Å²) in [5.74, 6) is -0.501. The molecule has 2 aromatic rings. The van der Waals surface area contributed by atoms with Crippen molar-refractivity contribution in [2.24, 2.45) is 11.3 Å². The molecule has 2 aromatic carbocycles. The van der Waals surface area contributed by atoms with E-state index in [0.29, 0.717) is 11.3 Å². The van der Waals surface area contributed by atoms with Crippen LogP contribution >= 0.6 is 0 Å². The number of benzene rings is 2. The molecule has 0 aromatic heterocycles. The minimum absolute atomic E-state index is 0.158. The molecule has 0 spiro atoms. The summed E-state index contributed by atoms with van der Waals surface area (Å²) in [6, 6.07) is 20.1. The minimum Gasteiger partial charge on any atom is -0.497 e. The molecule has 2 atom stereocenters. The summed E-state index contributed by atoms with van der Waals surface area (Å²) in [6.07, 6.45) is 0. The molecule has 0 N–H and O–H groups in total. The molecule has 1 aliphatic rings. The summed E-state index contributed by atoms with van der Waals surface area (Å²) in [4.78, 5) is 12.7. The highest BCUT2D eigenvalue weighted by molar-refractivity contribution is 6.02. The topological polar surface area (TPSA) is 73.9 Å². The molecule has 112 valence electrons. The molecule has 0 heterocycles. The van der Waals surface area contributed by atoms with Crippen LogP contribution in [-0.2, 0) is 0 Å². The number of rotatable bonds is 4. The lowest BCUT2D eigenvalue weighted by molar-refractivity contribution is 0.0958. The zero-order chi connectivity index (χ0) is 16.4. The first-order valence-corrected chi connectivity index (χ1v) is 7.23. The van der Waals surface area contributed by atoms with E-state index in [-0.39, 0.29) is 5.78 Å². The molecule has 4 nitrogen and oxygen atoms in total. The van der Waals surface area contributed by atoms with Crippen molar-refractivity contribution in [2.75, 3.05) is 7.11 Å². The summed E-state index contributed by atoms with van der Waals surface area (Å²) in [6.45, 7) is 0. The summed E-state index contributed by atoms with van der Waals surface area (Å²) < 4.78 is 5.12. The Morgan fingerprint density at radius 1 is 1.04 bits per heavy atom. The average Bonchev–Trinajstić information content (AvgIpc) is 3.31. The molecule has 23 heavy (non-hydrogen) atoms. The van der Waals surface area contributed by atoms with Crippen molar-refractivity contribution in [2.45, 2.75) is 5.92 Å². The predicted molar refractivity (Wildman–Crippen MR) is 83.7 cm³/mol. The van der Waals surface area contributed by atoms with Crippen LogP contribution in [0.5, 0.6) is 5.75 Å². The van der Waals surface area contributed by atoms with E-state index < -0.39 is 17.3 Å². The molecular formula is C19H14N2O2. The molecule has 0 bridgehead atoms. The van der Waals surface area contributed by atoms with Crippen LogP contribution in [0.4, 0.5) is 0 Å². The second kappa shape index (κ2) is 5.59. The first-order chi connectivity index (χ1) is 11.2. The fraction of sp³-hybridized carbons (Fsp3) is 0.211. The van der Waals surface area contributed by atoms with E-state index in [4.69, 9.17) is 4.74 Å². The summed E-state index contributed by atoms with van der Waals surface area (Å²) in [7, 11) is 1.57. The smallest absolute Gasteiger partial charge is 0.169 e. The highest BCUT2D eigenvalue weighted by Gasteiger charge is 2.70. The second-order valence-electron chi connectivity index (χ2n) is 5.55. The summed E-state index contributed by atoms with van der Waals surface area (Å²) in [5.41, 5.74) is 0.0492. The van der Waals surface area contributed by atoms with Gasteiger partial charge in [0.05, 0.1) is 25.2 Å². The van der Waals surface area contributed by atoms with Gasteiger partial charge in [0, 0.05) is 11.5 Å². The maximum atomic E-state index is 12.7. The van der Waals surface area contributed by atoms with Crippen LogP contribution in [0.25, 0.3) is 0 Å². The highest BCUT2D eigenvalue weighted by Crippen LogP contribution is 2.65. The first kappa shape index (κ1) is 14.8. The number of ketones is 1. The van der Waals surface area contributed by atoms with Gasteiger partial charge in [-0.15, -0.1) is 0 Å². The number of nitriles is 2. The maximum Gasteiger partial charge on any atom is 0.169 e. The average molecular weight is 302 g/mol. The number of hydrogen-bond acceptors (Lipinski definition) is 4. The normalized spacial score (nSPS) is 20.8. The van der Waals surface area contributed by atoms with E-state index in [1.807, 2.05) is 18.2 Å². The molecule has 0 saturated heterocycles. The Kier molecular flexibility index (Phi) is 3.60. The largest absolute Gasteiger partial charge is 0.497 e. The molecule has 0 radical (unpaired) electrons. The number of nitrogens with zero attached hydrogens (tertiary/aromatic N) is 2. The lowest BCUT2D eigenvalue weighted by Crippen LogP contribution is -2.08. The van der Waals surface area contributed by atoms with Crippen LogP contribution in [-0.4, -0.2) is 12.9 Å². The van der Waals surface area contributed by atoms with Crippen LogP contribution in [0.2, 0.25) is 0 Å². The van der Waals surface area contributed by atoms with Crippen molar-refractivity contribution in [3.05, 3.63) is 65.7 Å². The van der Waals surface area contributed by atoms with E-state index in [1.165, 1.54) is 0 Å². The Balaban J connectivity index is 1.97. The van der Waals surface area contributed by atoms with E-state index >= 15 is 0 Å². The molecule has 4 heteroatoms. The Morgan fingerprint density at radius 3 is 2.17 bits per heavy atom. The Hall–Kier alpha value is -3.11. The van der Waals surface area contributed by atoms with Gasteiger partial charge in [0.25, 0.3) is 0 Å². The van der Waals surface area contributed by atoms with Crippen LogP contribution in [0.1, 0.15) is 21.8 Å². The molecule has 1 saturated carbocycles. The van der Waals surface area contributed by atoms with Gasteiger partial charge in [-0.2, -0.15) is 10.5 Å². The zero-order valence-corrected chi connectivity index (χ0v) is 12.6. The molecular weight excluding hydrogens is 288 g/mol. The molecule has 1 fully saturated rings. The minimum atomic E-state index is -1.29. The monoisotopic (exact) mass is 302 g/mol. The fourth-order valence-electron chi connectivity index (χ4n) is 3.10. The lowest BCUT2D eigenvalue weighted by Gasteiger charge is -2.03. The van der Waals surface area contributed by atoms with E-state index in [2.05, 4.69) is 12.1 Å². The number of carbonyl (C=O) groups excluding carboxylic acids is 1. The van der Waals surface area contributed by atoms with Gasteiger partial charge in [-0.25, -0.2) is 0 Å². The molecule has 1 aliphatic carbocycles. The number of hydrogen-bond donors (Lipinski definition) is 0. The highest BCUT2D eigenvalue weighted by atomic mass is 16.5. The lowest BCUT2D eigenvalue weighted by atomic mass is 10.0. The standard InChI is InChI=1S/C19H14N2O2/c1-23-15-9-7-13(8-10-15)16-17(19(16,11-20)12-21)18(22)14-5-3-2-4-6-14/h2-10,16-17H,1H3. The molecule has 3 rings (SSSR count). The van der Waals surface area contributed by atoms with Crippen molar-refractivity contribution in [3.8, 4) is 17.9 Å². The van der Waals surface area contributed by atoms with E-state index in [9.17, 15) is 15.3 Å². The zero-order valence-electron chi connectivity index (χ0n) is 12.6. The van der Waals surface area contributed by atoms with Crippen molar-refractivity contribution < 1.29 is 9.53 Å². The number of Topliss-reactive ketones (excluding diaryl/α,β-unsaturated/α-hetero) is 1. The van der Waals surface area contributed by atoms with Gasteiger partial charge in [-0.05, 0) is 17.7 Å². The second-order valence-corrected chi connectivity index (χ2v) is 5.55. The van der Waals surface area contributed by atoms with Gasteiger partial charge in [0.1, 0.15) is 5.75 Å². The first-order valence-electron chi connectivity index (χ1n) is 7.23. The fourth-order valence-corrected chi connectivity index (χ4v) is 3.10. The van der Waals surface area contributed by atoms with Crippen LogP contribution in [0.15, 0.2) is 54.6 Å². The van der Waals surface area contributed by atoms with E-state index in [1.54, 1.807) is 43.5 Å². The molecule has 0 aliphatic heterocycles. The van der Waals surface area contributed by atoms with Crippen molar-refractivity contribution in [1.29, 1.82) is 10.5 Å². The summed E-state index contributed by atoms with van der Waals surface area (Å²) in [5, 5.41) is 19.0. The van der Waals surface area contributed by atoms with E-state index in [0.717, 1.165) is 5.56 Å². The van der Waals surface area contributed by atoms with Gasteiger partial charge in [-0.1, -0.05) is 42.5 Å². The van der Waals surface area contributed by atoms with Crippen molar-refractivity contribution in [1.82, 2.24) is 0 Å². The third-order valence-corrected chi connectivity index (χ3v) is 4.39. The third-order valence-electron chi connectivity index (χ3n) is 4.39. The van der Waals surface area contributed by atoms with Crippen LogP contribution in [0.3, 0.4) is 0 Å². The van der Waals surface area contributed by atoms with Gasteiger partial charge in [-0.3, -0.25) is 4.79 Å².